The summed E-state index contributed by atoms with van der Waals surface area (Å²) in [6.45, 7) is 3.00. The minimum Gasteiger partial charge on any atom is -0.355 e. The molecule has 2 aromatic rings. The third kappa shape index (κ3) is 3.41. The molecule has 0 aromatic carbocycles. The number of piperidine rings is 1. The van der Waals surface area contributed by atoms with E-state index in [-0.39, 0.29) is 16.9 Å². The number of aryl methyl sites for hydroxylation is 1. The third-order valence-electron chi connectivity index (χ3n) is 5.66. The van der Waals surface area contributed by atoms with Crippen LogP contribution in [0.3, 0.4) is 0 Å². The molecule has 27 heavy (non-hydrogen) atoms. The summed E-state index contributed by atoms with van der Waals surface area (Å²) in [4.78, 5) is 35.9. The highest BCUT2D eigenvalue weighted by Gasteiger charge is 2.42. The standard InChI is InChI=1S/C18H21FN6O2/c1-23-16(26)3-2-13(22-23)17(27)25-9-6-18(12-25)4-7-24(8-5-18)15-11-20-14(19)10-21-15/h2-3,10-11H,4-9,12H2,1H3. The van der Waals surface area contributed by atoms with E-state index in [1.165, 1.54) is 23.0 Å². The van der Waals surface area contributed by atoms with E-state index in [9.17, 15) is 14.0 Å². The van der Waals surface area contributed by atoms with Gasteiger partial charge in [-0.3, -0.25) is 9.59 Å². The van der Waals surface area contributed by atoms with Crippen LogP contribution in [0.25, 0.3) is 0 Å². The summed E-state index contributed by atoms with van der Waals surface area (Å²) in [5.74, 6) is -0.0231. The molecule has 8 nitrogen and oxygen atoms in total. The lowest BCUT2D eigenvalue weighted by Gasteiger charge is -2.39. The first-order valence-electron chi connectivity index (χ1n) is 9.02. The van der Waals surface area contributed by atoms with Gasteiger partial charge in [0.15, 0.2) is 0 Å². The molecule has 9 heteroatoms. The van der Waals surface area contributed by atoms with Crippen LogP contribution in [0.2, 0.25) is 0 Å². The average Bonchev–Trinajstić information content (AvgIpc) is 3.08. The molecule has 2 saturated heterocycles. The van der Waals surface area contributed by atoms with Crippen molar-refractivity contribution in [1.82, 2.24) is 24.6 Å². The summed E-state index contributed by atoms with van der Waals surface area (Å²) in [5.41, 5.74) is 0.161. The molecule has 4 heterocycles. The molecule has 0 bridgehead atoms. The van der Waals surface area contributed by atoms with Crippen LogP contribution in [0.5, 0.6) is 0 Å². The van der Waals surface area contributed by atoms with Crippen LogP contribution in [0.1, 0.15) is 29.8 Å². The second-order valence-corrected chi connectivity index (χ2v) is 7.34. The van der Waals surface area contributed by atoms with Crippen molar-refractivity contribution in [2.24, 2.45) is 12.5 Å². The number of carbonyl (C=O) groups is 1. The van der Waals surface area contributed by atoms with Gasteiger partial charge in [0.2, 0.25) is 5.95 Å². The van der Waals surface area contributed by atoms with Crippen LogP contribution >= 0.6 is 0 Å². The monoisotopic (exact) mass is 372 g/mol. The zero-order valence-electron chi connectivity index (χ0n) is 15.1. The van der Waals surface area contributed by atoms with Crippen LogP contribution in [0.15, 0.2) is 29.3 Å². The Bertz CT molecular complexity index is 905. The third-order valence-corrected chi connectivity index (χ3v) is 5.66. The minimum atomic E-state index is -0.579. The number of nitrogens with zero attached hydrogens (tertiary/aromatic N) is 6. The van der Waals surface area contributed by atoms with Gasteiger partial charge in [-0.2, -0.15) is 9.49 Å². The maximum absolute atomic E-state index is 12.9. The second kappa shape index (κ2) is 6.71. The first kappa shape index (κ1) is 17.6. The molecule has 142 valence electrons. The maximum atomic E-state index is 12.9. The van der Waals surface area contributed by atoms with Gasteiger partial charge in [0.05, 0.1) is 12.4 Å². The highest BCUT2D eigenvalue weighted by molar-refractivity contribution is 5.92. The lowest BCUT2D eigenvalue weighted by molar-refractivity contribution is 0.0756. The molecule has 2 aliphatic rings. The van der Waals surface area contributed by atoms with Crippen LogP contribution in [0.4, 0.5) is 10.2 Å². The van der Waals surface area contributed by atoms with E-state index in [0.29, 0.717) is 24.6 Å². The molecular formula is C18H21FN6O2. The Morgan fingerprint density at radius 3 is 2.52 bits per heavy atom. The van der Waals surface area contributed by atoms with Crippen molar-refractivity contribution in [2.75, 3.05) is 31.1 Å². The summed E-state index contributed by atoms with van der Waals surface area (Å²) < 4.78 is 14.1. The van der Waals surface area contributed by atoms with Crippen molar-refractivity contribution >= 4 is 11.7 Å². The van der Waals surface area contributed by atoms with Gasteiger partial charge in [-0.05, 0) is 30.7 Å². The molecule has 2 fully saturated rings. The number of anilines is 1. The molecule has 4 rings (SSSR count). The Morgan fingerprint density at radius 1 is 1.11 bits per heavy atom. The maximum Gasteiger partial charge on any atom is 0.274 e. The Labute approximate surface area is 155 Å². The molecular weight excluding hydrogens is 351 g/mol. The number of likely N-dealkylation sites (tertiary alicyclic amines) is 1. The van der Waals surface area contributed by atoms with E-state index in [1.807, 2.05) is 4.90 Å². The van der Waals surface area contributed by atoms with Crippen LogP contribution in [-0.4, -0.2) is 56.7 Å². The summed E-state index contributed by atoms with van der Waals surface area (Å²) in [6, 6.07) is 2.86. The van der Waals surface area contributed by atoms with Crippen LogP contribution in [-0.2, 0) is 7.05 Å². The predicted molar refractivity (Wildman–Crippen MR) is 95.9 cm³/mol. The molecule has 0 aliphatic carbocycles. The number of amides is 1. The zero-order valence-corrected chi connectivity index (χ0v) is 15.1. The van der Waals surface area contributed by atoms with Crippen molar-refractivity contribution in [2.45, 2.75) is 19.3 Å². The minimum absolute atomic E-state index is 0.0975. The van der Waals surface area contributed by atoms with E-state index in [4.69, 9.17) is 0 Å². The van der Waals surface area contributed by atoms with Gasteiger partial charge in [0.1, 0.15) is 11.5 Å². The van der Waals surface area contributed by atoms with Gasteiger partial charge in [0, 0.05) is 39.3 Å². The van der Waals surface area contributed by atoms with Crippen molar-refractivity contribution in [3.05, 3.63) is 46.5 Å². The summed E-state index contributed by atoms with van der Waals surface area (Å²) in [5, 5.41) is 4.07. The molecule has 0 atom stereocenters. The Hall–Kier alpha value is -2.84. The fraction of sp³-hybridized carbons (Fsp3) is 0.500. The van der Waals surface area contributed by atoms with Gasteiger partial charge in [-0.15, -0.1) is 0 Å². The highest BCUT2D eigenvalue weighted by atomic mass is 19.1. The molecule has 0 radical (unpaired) electrons. The number of hydrogen-bond acceptors (Lipinski definition) is 6. The van der Waals surface area contributed by atoms with Gasteiger partial charge in [0.25, 0.3) is 11.5 Å². The Kier molecular flexibility index (Phi) is 4.37. The largest absolute Gasteiger partial charge is 0.355 e. The van der Waals surface area contributed by atoms with E-state index >= 15 is 0 Å². The van der Waals surface area contributed by atoms with Gasteiger partial charge >= 0.3 is 0 Å². The molecule has 0 saturated carbocycles. The van der Waals surface area contributed by atoms with E-state index in [2.05, 4.69) is 20.0 Å². The van der Waals surface area contributed by atoms with Gasteiger partial charge < -0.3 is 9.80 Å². The fourth-order valence-corrected chi connectivity index (χ4v) is 3.97. The summed E-state index contributed by atoms with van der Waals surface area (Å²) >= 11 is 0. The smallest absolute Gasteiger partial charge is 0.274 e. The number of halogens is 1. The van der Waals surface area contributed by atoms with Gasteiger partial charge in [-0.25, -0.2) is 14.6 Å². The first-order chi connectivity index (χ1) is 13.0. The quantitative estimate of drug-likeness (QED) is 0.777. The lowest BCUT2D eigenvalue weighted by Crippen LogP contribution is -2.42. The average molecular weight is 372 g/mol. The van der Waals surface area contributed by atoms with E-state index in [0.717, 1.165) is 38.5 Å². The number of aromatic nitrogens is 4. The molecule has 1 spiro atoms. The Morgan fingerprint density at radius 2 is 1.85 bits per heavy atom. The molecule has 2 aromatic heterocycles. The highest BCUT2D eigenvalue weighted by Crippen LogP contribution is 2.41. The lowest BCUT2D eigenvalue weighted by atomic mass is 9.78. The van der Waals surface area contributed by atoms with Crippen LogP contribution < -0.4 is 10.5 Å². The topological polar surface area (TPSA) is 84.2 Å². The van der Waals surface area contributed by atoms with Crippen molar-refractivity contribution in [1.29, 1.82) is 0 Å². The van der Waals surface area contributed by atoms with Crippen molar-refractivity contribution < 1.29 is 9.18 Å². The van der Waals surface area contributed by atoms with Crippen molar-refractivity contribution in [3.63, 3.8) is 0 Å². The second-order valence-electron chi connectivity index (χ2n) is 7.34. The van der Waals surface area contributed by atoms with E-state index in [1.54, 1.807) is 7.05 Å². The Balaban J connectivity index is 1.40. The number of rotatable bonds is 2. The molecule has 1 amide bonds. The number of hydrogen-bond donors (Lipinski definition) is 0. The zero-order chi connectivity index (χ0) is 19.0. The summed E-state index contributed by atoms with van der Waals surface area (Å²) in [7, 11) is 1.54. The predicted octanol–water partition coefficient (Wildman–Crippen LogP) is 0.842. The van der Waals surface area contributed by atoms with Gasteiger partial charge in [-0.1, -0.05) is 0 Å². The molecule has 0 unspecified atom stereocenters. The fourth-order valence-electron chi connectivity index (χ4n) is 3.97. The first-order valence-corrected chi connectivity index (χ1v) is 9.02. The van der Waals surface area contributed by atoms with Crippen molar-refractivity contribution in [3.8, 4) is 0 Å². The van der Waals surface area contributed by atoms with Crippen LogP contribution in [0, 0.1) is 11.4 Å². The van der Waals surface area contributed by atoms with E-state index < -0.39 is 5.95 Å². The molecule has 0 N–H and O–H groups in total. The number of carbonyl (C=O) groups excluding carboxylic acids is 1. The molecule has 2 aliphatic heterocycles. The normalized spacial score (nSPS) is 18.9. The SMILES string of the molecule is Cn1nc(C(=O)N2CCC3(CCN(c4cnc(F)cn4)CC3)C2)ccc1=O. The summed E-state index contributed by atoms with van der Waals surface area (Å²) in [6.07, 6.45) is 5.43.